The van der Waals surface area contributed by atoms with Gasteiger partial charge in [-0.25, -0.2) is 0 Å². The highest BCUT2D eigenvalue weighted by molar-refractivity contribution is 5.72. The van der Waals surface area contributed by atoms with Crippen LogP contribution in [0.1, 0.15) is 27.7 Å². The van der Waals surface area contributed by atoms with Crippen LogP contribution in [0.2, 0.25) is 0 Å². The lowest BCUT2D eigenvalue weighted by Crippen LogP contribution is -2.38. The maximum atomic E-state index is 10.9. The van der Waals surface area contributed by atoms with Crippen molar-refractivity contribution in [1.82, 2.24) is 4.90 Å². The molecule has 0 amide bonds. The lowest BCUT2D eigenvalue weighted by molar-refractivity contribution is -0.142. The van der Waals surface area contributed by atoms with E-state index in [4.69, 9.17) is 9.84 Å². The maximum absolute atomic E-state index is 10.9. The van der Waals surface area contributed by atoms with Crippen molar-refractivity contribution in [1.29, 1.82) is 0 Å². The third kappa shape index (κ3) is 2.95. The molecule has 1 N–H and O–H groups in total. The SMILES string of the molecule is CCOC[C@@H]1CN([C@@H](C)C(=O)O)CC1(C)C. The van der Waals surface area contributed by atoms with Gasteiger partial charge in [0, 0.05) is 25.6 Å². The molecule has 0 aromatic heterocycles. The third-order valence-corrected chi connectivity index (χ3v) is 3.60. The monoisotopic (exact) mass is 229 g/mol. The fourth-order valence-corrected chi connectivity index (χ4v) is 2.24. The number of carboxylic acid groups (broad SMARTS) is 1. The zero-order valence-electron chi connectivity index (χ0n) is 10.7. The molecule has 16 heavy (non-hydrogen) atoms. The van der Waals surface area contributed by atoms with Gasteiger partial charge in [-0.3, -0.25) is 9.69 Å². The van der Waals surface area contributed by atoms with Gasteiger partial charge >= 0.3 is 5.97 Å². The molecular weight excluding hydrogens is 206 g/mol. The van der Waals surface area contributed by atoms with Gasteiger partial charge in [0.05, 0.1) is 6.61 Å². The molecule has 1 aliphatic rings. The summed E-state index contributed by atoms with van der Waals surface area (Å²) in [5.74, 6) is -0.317. The van der Waals surface area contributed by atoms with Gasteiger partial charge < -0.3 is 9.84 Å². The molecular formula is C12H23NO3. The quantitative estimate of drug-likeness (QED) is 0.775. The molecule has 1 heterocycles. The van der Waals surface area contributed by atoms with Gasteiger partial charge in [0.2, 0.25) is 0 Å². The molecule has 4 heteroatoms. The van der Waals surface area contributed by atoms with E-state index in [9.17, 15) is 4.79 Å². The molecule has 2 atom stereocenters. The first-order valence-corrected chi connectivity index (χ1v) is 5.93. The van der Waals surface area contributed by atoms with Crippen LogP contribution in [0.3, 0.4) is 0 Å². The fraction of sp³-hybridized carbons (Fsp3) is 0.917. The molecule has 0 unspecified atom stereocenters. The molecule has 0 aliphatic carbocycles. The lowest BCUT2D eigenvalue weighted by Gasteiger charge is -2.25. The van der Waals surface area contributed by atoms with E-state index in [1.807, 2.05) is 11.8 Å². The Kier molecular flexibility index (Phi) is 4.33. The first-order valence-electron chi connectivity index (χ1n) is 5.93. The van der Waals surface area contributed by atoms with Crippen LogP contribution in [0.15, 0.2) is 0 Å². The standard InChI is InChI=1S/C12H23NO3/c1-5-16-7-10-6-13(8-12(10,3)4)9(2)11(14)15/h9-10H,5-8H2,1-4H3,(H,14,15)/t9-,10-/m0/s1. The van der Waals surface area contributed by atoms with Gasteiger partial charge in [0.1, 0.15) is 6.04 Å². The minimum atomic E-state index is -0.743. The molecule has 0 radical (unpaired) electrons. The Hall–Kier alpha value is -0.610. The number of hydrogen-bond acceptors (Lipinski definition) is 3. The van der Waals surface area contributed by atoms with Crippen LogP contribution >= 0.6 is 0 Å². The van der Waals surface area contributed by atoms with Crippen molar-refractivity contribution in [3.05, 3.63) is 0 Å². The Bertz CT molecular complexity index is 253. The molecule has 1 aliphatic heterocycles. The Labute approximate surface area is 97.6 Å². The van der Waals surface area contributed by atoms with Crippen LogP contribution in [0.5, 0.6) is 0 Å². The second-order valence-corrected chi connectivity index (χ2v) is 5.29. The topological polar surface area (TPSA) is 49.8 Å². The molecule has 0 bridgehead atoms. The van der Waals surface area contributed by atoms with Crippen molar-refractivity contribution in [3.8, 4) is 0 Å². The summed E-state index contributed by atoms with van der Waals surface area (Å²) < 4.78 is 5.47. The summed E-state index contributed by atoms with van der Waals surface area (Å²) >= 11 is 0. The molecule has 1 rings (SSSR count). The van der Waals surface area contributed by atoms with Crippen LogP contribution in [-0.4, -0.2) is 48.3 Å². The van der Waals surface area contributed by atoms with Gasteiger partial charge in [-0.15, -0.1) is 0 Å². The predicted molar refractivity (Wildman–Crippen MR) is 62.4 cm³/mol. The number of carbonyl (C=O) groups is 1. The molecule has 0 spiro atoms. The van der Waals surface area contributed by atoms with E-state index < -0.39 is 12.0 Å². The average molecular weight is 229 g/mol. The second-order valence-electron chi connectivity index (χ2n) is 5.29. The minimum Gasteiger partial charge on any atom is -0.480 e. The van der Waals surface area contributed by atoms with Crippen LogP contribution < -0.4 is 0 Å². The fourth-order valence-electron chi connectivity index (χ4n) is 2.24. The van der Waals surface area contributed by atoms with Crippen molar-refractivity contribution >= 4 is 5.97 Å². The summed E-state index contributed by atoms with van der Waals surface area (Å²) in [5, 5.41) is 9.00. The van der Waals surface area contributed by atoms with E-state index in [-0.39, 0.29) is 5.41 Å². The largest absolute Gasteiger partial charge is 0.480 e. The number of nitrogens with zero attached hydrogens (tertiary/aromatic N) is 1. The first kappa shape index (κ1) is 13.5. The van der Waals surface area contributed by atoms with Gasteiger partial charge in [0.25, 0.3) is 0 Å². The van der Waals surface area contributed by atoms with Crippen LogP contribution in [0.25, 0.3) is 0 Å². The van der Waals surface area contributed by atoms with Gasteiger partial charge in [-0.2, -0.15) is 0 Å². The zero-order chi connectivity index (χ0) is 12.3. The number of hydrogen-bond donors (Lipinski definition) is 1. The van der Waals surface area contributed by atoms with E-state index in [2.05, 4.69) is 13.8 Å². The smallest absolute Gasteiger partial charge is 0.320 e. The van der Waals surface area contributed by atoms with Gasteiger partial charge in [0.15, 0.2) is 0 Å². The Balaban J connectivity index is 2.60. The second kappa shape index (κ2) is 5.15. The van der Waals surface area contributed by atoms with Crippen LogP contribution in [0, 0.1) is 11.3 Å². The summed E-state index contributed by atoms with van der Waals surface area (Å²) in [6.07, 6.45) is 0. The number of ether oxygens (including phenoxy) is 1. The summed E-state index contributed by atoms with van der Waals surface area (Å²) in [4.78, 5) is 13.0. The van der Waals surface area contributed by atoms with Crippen molar-refractivity contribution in [2.45, 2.75) is 33.7 Å². The van der Waals surface area contributed by atoms with Crippen LogP contribution in [-0.2, 0) is 9.53 Å². The summed E-state index contributed by atoms with van der Waals surface area (Å²) in [6.45, 7) is 11.2. The van der Waals surface area contributed by atoms with E-state index in [0.29, 0.717) is 5.92 Å². The normalized spacial score (nSPS) is 26.9. The Morgan fingerprint density at radius 3 is 2.75 bits per heavy atom. The highest BCUT2D eigenvalue weighted by Gasteiger charge is 2.42. The summed E-state index contributed by atoms with van der Waals surface area (Å²) in [5.41, 5.74) is 0.138. The Morgan fingerprint density at radius 2 is 2.25 bits per heavy atom. The van der Waals surface area contributed by atoms with E-state index >= 15 is 0 Å². The van der Waals surface area contributed by atoms with Crippen molar-refractivity contribution in [2.75, 3.05) is 26.3 Å². The number of aliphatic carboxylic acids is 1. The zero-order valence-corrected chi connectivity index (χ0v) is 10.7. The van der Waals surface area contributed by atoms with Gasteiger partial charge in [-0.05, 0) is 19.3 Å². The molecule has 1 saturated heterocycles. The minimum absolute atomic E-state index is 0.138. The van der Waals surface area contributed by atoms with E-state index in [1.54, 1.807) is 6.92 Å². The van der Waals surface area contributed by atoms with E-state index in [1.165, 1.54) is 0 Å². The summed E-state index contributed by atoms with van der Waals surface area (Å²) in [7, 11) is 0. The molecule has 94 valence electrons. The van der Waals surface area contributed by atoms with Crippen molar-refractivity contribution in [3.63, 3.8) is 0 Å². The maximum Gasteiger partial charge on any atom is 0.320 e. The highest BCUT2D eigenvalue weighted by atomic mass is 16.5. The van der Waals surface area contributed by atoms with Gasteiger partial charge in [-0.1, -0.05) is 13.8 Å². The van der Waals surface area contributed by atoms with E-state index in [0.717, 1.165) is 26.3 Å². The molecule has 1 fully saturated rings. The highest BCUT2D eigenvalue weighted by Crippen LogP contribution is 2.36. The third-order valence-electron chi connectivity index (χ3n) is 3.60. The lowest BCUT2D eigenvalue weighted by atomic mass is 9.83. The first-order chi connectivity index (χ1) is 7.38. The number of rotatable bonds is 5. The molecule has 4 nitrogen and oxygen atoms in total. The number of carboxylic acids is 1. The summed E-state index contributed by atoms with van der Waals surface area (Å²) in [6, 6.07) is -0.397. The molecule has 0 saturated carbocycles. The van der Waals surface area contributed by atoms with Crippen LogP contribution in [0.4, 0.5) is 0 Å². The molecule has 0 aromatic rings. The Morgan fingerprint density at radius 1 is 1.62 bits per heavy atom. The number of likely N-dealkylation sites (tertiary alicyclic amines) is 1. The molecule has 0 aromatic carbocycles. The van der Waals surface area contributed by atoms with Crippen molar-refractivity contribution < 1.29 is 14.6 Å². The average Bonchev–Trinajstić information content (AvgIpc) is 2.49. The predicted octanol–water partition coefficient (Wildman–Crippen LogP) is 1.45. The van der Waals surface area contributed by atoms with Crippen molar-refractivity contribution in [2.24, 2.45) is 11.3 Å².